The maximum absolute atomic E-state index is 6.19. The number of rotatable bonds is 5. The van der Waals surface area contributed by atoms with Crippen molar-refractivity contribution in [1.82, 2.24) is 15.0 Å². The number of para-hydroxylation sites is 1. The lowest BCUT2D eigenvalue weighted by Crippen LogP contribution is -2.00. The minimum Gasteiger partial charge on any atom is -0.456 e. The molecule has 220 valence electrons. The molecule has 47 heavy (non-hydrogen) atoms. The summed E-state index contributed by atoms with van der Waals surface area (Å²) in [7, 11) is 0. The fourth-order valence-corrected chi connectivity index (χ4v) is 6.53. The molecule has 0 fully saturated rings. The fraction of sp³-hybridized carbons (Fsp3) is 0. The topological polar surface area (TPSA) is 51.8 Å². The summed E-state index contributed by atoms with van der Waals surface area (Å²) >= 11 is 0. The first kappa shape index (κ1) is 27.0. The highest BCUT2D eigenvalue weighted by atomic mass is 16.3. The number of fused-ring (bicyclic) bond motifs is 4. The second-order valence-corrected chi connectivity index (χ2v) is 11.6. The van der Waals surface area contributed by atoms with Gasteiger partial charge in [0.15, 0.2) is 17.5 Å². The Morgan fingerprint density at radius 1 is 0.298 bits per heavy atom. The van der Waals surface area contributed by atoms with Crippen LogP contribution in [0.5, 0.6) is 0 Å². The van der Waals surface area contributed by atoms with Gasteiger partial charge < -0.3 is 4.42 Å². The molecule has 9 aromatic rings. The van der Waals surface area contributed by atoms with E-state index in [-0.39, 0.29) is 0 Å². The highest BCUT2D eigenvalue weighted by molar-refractivity contribution is 6.11. The summed E-state index contributed by atoms with van der Waals surface area (Å²) < 4.78 is 6.19. The number of aromatic nitrogens is 3. The van der Waals surface area contributed by atoms with Crippen molar-refractivity contribution in [3.8, 4) is 56.4 Å². The predicted molar refractivity (Wildman–Crippen MR) is 192 cm³/mol. The van der Waals surface area contributed by atoms with Gasteiger partial charge in [-0.15, -0.1) is 0 Å². The van der Waals surface area contributed by atoms with E-state index in [4.69, 9.17) is 19.4 Å². The Balaban J connectivity index is 1.17. The van der Waals surface area contributed by atoms with Gasteiger partial charge in [0.25, 0.3) is 0 Å². The molecular formula is C43H27N3O. The van der Waals surface area contributed by atoms with E-state index in [1.165, 1.54) is 27.5 Å². The summed E-state index contributed by atoms with van der Waals surface area (Å²) in [5.41, 5.74) is 9.18. The number of nitrogens with zero attached hydrogens (tertiary/aromatic N) is 3. The van der Waals surface area contributed by atoms with Crippen molar-refractivity contribution >= 4 is 32.7 Å². The summed E-state index contributed by atoms with van der Waals surface area (Å²) in [6, 6.07) is 56.4. The van der Waals surface area contributed by atoms with Crippen LogP contribution in [0.3, 0.4) is 0 Å². The van der Waals surface area contributed by atoms with E-state index < -0.39 is 0 Å². The Kier molecular flexibility index (Phi) is 6.43. The third kappa shape index (κ3) is 4.75. The third-order valence-corrected chi connectivity index (χ3v) is 8.77. The Hall–Kier alpha value is -6.39. The van der Waals surface area contributed by atoms with Gasteiger partial charge in [-0.2, -0.15) is 0 Å². The number of furan rings is 1. The second-order valence-electron chi connectivity index (χ2n) is 11.6. The molecule has 0 aliphatic carbocycles. The maximum atomic E-state index is 6.19. The van der Waals surface area contributed by atoms with Crippen molar-refractivity contribution in [1.29, 1.82) is 0 Å². The van der Waals surface area contributed by atoms with Crippen molar-refractivity contribution < 1.29 is 4.42 Å². The van der Waals surface area contributed by atoms with Crippen molar-refractivity contribution in [2.24, 2.45) is 0 Å². The van der Waals surface area contributed by atoms with Crippen LogP contribution in [0.15, 0.2) is 168 Å². The Bertz CT molecular complexity index is 2550. The van der Waals surface area contributed by atoms with Gasteiger partial charge in [0, 0.05) is 27.5 Å². The number of hydrogen-bond donors (Lipinski definition) is 0. The van der Waals surface area contributed by atoms with E-state index in [0.29, 0.717) is 17.5 Å². The molecule has 0 saturated carbocycles. The van der Waals surface area contributed by atoms with Crippen molar-refractivity contribution in [3.05, 3.63) is 164 Å². The molecule has 0 unspecified atom stereocenters. The number of hydrogen-bond acceptors (Lipinski definition) is 4. The molecule has 7 aromatic carbocycles. The summed E-state index contributed by atoms with van der Waals surface area (Å²) in [5, 5.41) is 4.49. The highest BCUT2D eigenvalue weighted by Crippen LogP contribution is 2.38. The van der Waals surface area contributed by atoms with Crippen LogP contribution in [0.1, 0.15) is 0 Å². The number of benzene rings is 7. The van der Waals surface area contributed by atoms with Gasteiger partial charge in [-0.1, -0.05) is 152 Å². The van der Waals surface area contributed by atoms with Crippen molar-refractivity contribution in [3.63, 3.8) is 0 Å². The minimum absolute atomic E-state index is 0.609. The van der Waals surface area contributed by atoms with Gasteiger partial charge in [0.1, 0.15) is 11.2 Å². The van der Waals surface area contributed by atoms with Crippen LogP contribution in [0.4, 0.5) is 0 Å². The first-order chi connectivity index (χ1) is 23.3. The van der Waals surface area contributed by atoms with E-state index in [2.05, 4.69) is 103 Å². The summed E-state index contributed by atoms with van der Waals surface area (Å²) in [6.07, 6.45) is 0. The second kappa shape index (κ2) is 11.2. The van der Waals surface area contributed by atoms with Gasteiger partial charge in [0.05, 0.1) is 0 Å². The van der Waals surface area contributed by atoms with Crippen molar-refractivity contribution in [2.45, 2.75) is 0 Å². The van der Waals surface area contributed by atoms with E-state index in [0.717, 1.165) is 44.2 Å². The molecule has 0 radical (unpaired) electrons. The van der Waals surface area contributed by atoms with Crippen LogP contribution in [-0.2, 0) is 0 Å². The van der Waals surface area contributed by atoms with Gasteiger partial charge in [-0.25, -0.2) is 15.0 Å². The molecule has 2 heterocycles. The lowest BCUT2D eigenvalue weighted by Gasteiger charge is -2.12. The molecule has 0 atom stereocenters. The average Bonchev–Trinajstić information content (AvgIpc) is 3.54. The van der Waals surface area contributed by atoms with E-state index in [1.807, 2.05) is 60.7 Å². The molecule has 0 bridgehead atoms. The zero-order valence-electron chi connectivity index (χ0n) is 25.3. The van der Waals surface area contributed by atoms with Crippen LogP contribution in [-0.4, -0.2) is 15.0 Å². The predicted octanol–water partition coefficient (Wildman–Crippen LogP) is 11.3. The summed E-state index contributed by atoms with van der Waals surface area (Å²) in [4.78, 5) is 15.1. The summed E-state index contributed by atoms with van der Waals surface area (Å²) in [5.74, 6) is 1.86. The largest absolute Gasteiger partial charge is 0.456 e. The standard InChI is InChI=1S/C43H27N3O/c1-3-12-28(13-4-1)32-17-9-20-35-33(18-10-19-34(32)35)29-24-26-31(27-25-29)42-44-41(30-14-5-2-6-15-30)45-43(46-42)37-21-11-23-39-40(37)36-16-7-8-22-38(36)47-39/h1-27H. The quantitative estimate of drug-likeness (QED) is 0.197. The zero-order valence-corrected chi connectivity index (χ0v) is 25.3. The SMILES string of the molecule is c1ccc(-c2nc(-c3ccc(-c4cccc5c(-c6ccccc6)cccc45)cc3)nc(-c3cccc4oc5ccccc5c34)n2)cc1. The average molecular weight is 602 g/mol. The van der Waals surface area contributed by atoms with Gasteiger partial charge in [-0.05, 0) is 45.2 Å². The molecule has 0 aliphatic rings. The van der Waals surface area contributed by atoms with E-state index in [9.17, 15) is 0 Å². The first-order valence-electron chi connectivity index (χ1n) is 15.7. The Morgan fingerprint density at radius 2 is 0.745 bits per heavy atom. The Morgan fingerprint density at radius 3 is 1.43 bits per heavy atom. The molecule has 4 heteroatoms. The normalized spacial score (nSPS) is 11.4. The van der Waals surface area contributed by atoms with Crippen molar-refractivity contribution in [2.75, 3.05) is 0 Å². The Labute approximate surface area is 271 Å². The molecule has 0 saturated heterocycles. The minimum atomic E-state index is 0.609. The third-order valence-electron chi connectivity index (χ3n) is 8.77. The molecule has 2 aromatic heterocycles. The van der Waals surface area contributed by atoms with Crippen LogP contribution in [0.25, 0.3) is 89.1 Å². The molecular weight excluding hydrogens is 574 g/mol. The smallest absolute Gasteiger partial charge is 0.164 e. The van der Waals surface area contributed by atoms with E-state index in [1.54, 1.807) is 0 Å². The van der Waals surface area contributed by atoms with Crippen LogP contribution >= 0.6 is 0 Å². The fourth-order valence-electron chi connectivity index (χ4n) is 6.53. The molecule has 0 spiro atoms. The molecule has 4 nitrogen and oxygen atoms in total. The zero-order chi connectivity index (χ0) is 31.2. The van der Waals surface area contributed by atoms with Crippen LogP contribution in [0.2, 0.25) is 0 Å². The summed E-state index contributed by atoms with van der Waals surface area (Å²) in [6.45, 7) is 0. The maximum Gasteiger partial charge on any atom is 0.164 e. The van der Waals surface area contributed by atoms with Gasteiger partial charge in [0.2, 0.25) is 0 Å². The lowest BCUT2D eigenvalue weighted by atomic mass is 9.92. The molecule has 0 aliphatic heterocycles. The van der Waals surface area contributed by atoms with Gasteiger partial charge in [-0.3, -0.25) is 0 Å². The molecule has 9 rings (SSSR count). The van der Waals surface area contributed by atoms with Crippen LogP contribution < -0.4 is 0 Å². The monoisotopic (exact) mass is 601 g/mol. The molecule has 0 amide bonds. The van der Waals surface area contributed by atoms with Crippen LogP contribution in [0, 0.1) is 0 Å². The van der Waals surface area contributed by atoms with Gasteiger partial charge >= 0.3 is 0 Å². The lowest BCUT2D eigenvalue weighted by molar-refractivity contribution is 0.669. The molecule has 0 N–H and O–H groups in total. The highest BCUT2D eigenvalue weighted by Gasteiger charge is 2.18. The first-order valence-corrected chi connectivity index (χ1v) is 15.7. The van der Waals surface area contributed by atoms with E-state index >= 15 is 0 Å².